The summed E-state index contributed by atoms with van der Waals surface area (Å²) in [7, 11) is 0. The average molecular weight is 362 g/mol. The van der Waals surface area contributed by atoms with E-state index in [9.17, 15) is 4.79 Å². The lowest BCUT2D eigenvalue weighted by Gasteiger charge is -2.16. The molecule has 4 nitrogen and oxygen atoms in total. The predicted octanol–water partition coefficient (Wildman–Crippen LogP) is 4.76. The highest BCUT2D eigenvalue weighted by Gasteiger charge is 2.32. The minimum Gasteiger partial charge on any atom is -0.444 e. The summed E-state index contributed by atoms with van der Waals surface area (Å²) in [6, 6.07) is 14.9. The van der Waals surface area contributed by atoms with Gasteiger partial charge in [0.2, 0.25) is 0 Å². The van der Waals surface area contributed by atoms with Crippen molar-refractivity contribution in [1.82, 2.24) is 10.2 Å². The number of amides is 1. The van der Waals surface area contributed by atoms with Crippen molar-refractivity contribution in [3.05, 3.63) is 72.0 Å². The first-order valence-corrected chi connectivity index (χ1v) is 9.83. The highest BCUT2D eigenvalue weighted by molar-refractivity contribution is 5.85. The summed E-state index contributed by atoms with van der Waals surface area (Å²) in [5.74, 6) is 0. The molecule has 140 valence electrons. The predicted molar refractivity (Wildman–Crippen MR) is 108 cm³/mol. The van der Waals surface area contributed by atoms with Gasteiger partial charge >= 0.3 is 6.09 Å². The summed E-state index contributed by atoms with van der Waals surface area (Å²) in [5.41, 5.74) is 2.31. The van der Waals surface area contributed by atoms with E-state index in [1.807, 2.05) is 6.08 Å². The van der Waals surface area contributed by atoms with E-state index in [1.165, 1.54) is 16.3 Å². The Balaban J connectivity index is 1.22. The molecule has 0 saturated carbocycles. The lowest BCUT2D eigenvalue weighted by molar-refractivity contribution is 0.130. The van der Waals surface area contributed by atoms with Crippen molar-refractivity contribution in [2.75, 3.05) is 13.1 Å². The molecule has 1 fully saturated rings. The first-order valence-electron chi connectivity index (χ1n) is 9.83. The van der Waals surface area contributed by atoms with Crippen LogP contribution >= 0.6 is 0 Å². The summed E-state index contributed by atoms with van der Waals surface area (Å²) in [6.45, 7) is 2.44. The van der Waals surface area contributed by atoms with Crippen LogP contribution in [0.3, 0.4) is 0 Å². The molecule has 1 aliphatic heterocycles. The lowest BCUT2D eigenvalue weighted by atomic mass is 10.0. The molecule has 27 heavy (non-hydrogen) atoms. The molecule has 1 aliphatic carbocycles. The van der Waals surface area contributed by atoms with Crippen LogP contribution in [-0.4, -0.2) is 30.2 Å². The second-order valence-corrected chi connectivity index (χ2v) is 7.18. The topological polar surface area (TPSA) is 41.6 Å². The van der Waals surface area contributed by atoms with Gasteiger partial charge in [-0.15, -0.1) is 0 Å². The maximum Gasteiger partial charge on any atom is 0.414 e. The first kappa shape index (κ1) is 17.8. The third-order valence-electron chi connectivity index (χ3n) is 5.24. The van der Waals surface area contributed by atoms with Gasteiger partial charge in [0.05, 0.1) is 6.54 Å². The largest absolute Gasteiger partial charge is 0.444 e. The monoisotopic (exact) mass is 362 g/mol. The van der Waals surface area contributed by atoms with Gasteiger partial charge in [0.25, 0.3) is 0 Å². The standard InChI is InChI=1S/C23H26N2O2/c26-23-25(20-11-2-1-3-12-20)17-21(27-23)13-7-15-24-16-19-10-6-9-18-8-4-5-14-22(18)19/h2,4-6,8-12,14,21,24H,1,3,7,13,15-17H2/t21-/m0/s1. The molecule has 1 atom stereocenters. The number of nitrogens with one attached hydrogen (secondary N) is 1. The van der Waals surface area contributed by atoms with Crippen molar-refractivity contribution >= 4 is 16.9 Å². The van der Waals surface area contributed by atoms with Crippen LogP contribution in [-0.2, 0) is 11.3 Å². The molecule has 0 spiro atoms. The third-order valence-corrected chi connectivity index (χ3v) is 5.24. The van der Waals surface area contributed by atoms with Crippen LogP contribution in [0.2, 0.25) is 0 Å². The Morgan fingerprint density at radius 1 is 1.11 bits per heavy atom. The number of carbonyl (C=O) groups is 1. The summed E-state index contributed by atoms with van der Waals surface area (Å²) in [4.78, 5) is 13.9. The Bertz CT molecular complexity index is 866. The number of rotatable bonds is 7. The van der Waals surface area contributed by atoms with Crippen molar-refractivity contribution in [2.45, 2.75) is 38.3 Å². The molecule has 1 N–H and O–H groups in total. The number of nitrogens with zero attached hydrogens (tertiary/aromatic N) is 1. The van der Waals surface area contributed by atoms with Gasteiger partial charge in [0, 0.05) is 12.2 Å². The molecule has 0 unspecified atom stereocenters. The Morgan fingerprint density at radius 2 is 2.00 bits per heavy atom. The summed E-state index contributed by atoms with van der Waals surface area (Å²) in [5, 5.41) is 6.11. The van der Waals surface area contributed by atoms with E-state index in [-0.39, 0.29) is 12.2 Å². The molecular weight excluding hydrogens is 336 g/mol. The second-order valence-electron chi connectivity index (χ2n) is 7.18. The normalized spacial score (nSPS) is 19.4. The fourth-order valence-electron chi connectivity index (χ4n) is 3.81. The third kappa shape index (κ3) is 4.22. The van der Waals surface area contributed by atoms with Gasteiger partial charge in [0.1, 0.15) is 6.10 Å². The van der Waals surface area contributed by atoms with Crippen LogP contribution in [0.15, 0.2) is 66.4 Å². The van der Waals surface area contributed by atoms with E-state index >= 15 is 0 Å². The number of cyclic esters (lactones) is 1. The van der Waals surface area contributed by atoms with Gasteiger partial charge in [0.15, 0.2) is 0 Å². The second kappa shape index (κ2) is 8.40. The van der Waals surface area contributed by atoms with Gasteiger partial charge in [-0.05, 0) is 54.6 Å². The molecule has 0 bridgehead atoms. The Morgan fingerprint density at radius 3 is 2.89 bits per heavy atom. The fraction of sp³-hybridized carbons (Fsp3) is 0.348. The van der Waals surface area contributed by atoms with Crippen LogP contribution in [0.25, 0.3) is 10.8 Å². The zero-order valence-electron chi connectivity index (χ0n) is 15.6. The highest BCUT2D eigenvalue weighted by atomic mass is 16.6. The number of ether oxygens (including phenoxy) is 1. The smallest absolute Gasteiger partial charge is 0.414 e. The van der Waals surface area contributed by atoms with Gasteiger partial charge in [-0.3, -0.25) is 4.90 Å². The highest BCUT2D eigenvalue weighted by Crippen LogP contribution is 2.23. The van der Waals surface area contributed by atoms with E-state index < -0.39 is 0 Å². The van der Waals surface area contributed by atoms with Crippen LogP contribution in [0.5, 0.6) is 0 Å². The van der Waals surface area contributed by atoms with E-state index in [2.05, 4.69) is 59.9 Å². The maximum atomic E-state index is 12.1. The average Bonchev–Trinajstić information content (AvgIpc) is 3.09. The molecule has 2 aromatic rings. The number of hydrogen-bond donors (Lipinski definition) is 1. The van der Waals surface area contributed by atoms with E-state index in [0.29, 0.717) is 6.54 Å². The van der Waals surface area contributed by atoms with Crippen LogP contribution in [0.1, 0.15) is 31.2 Å². The number of carbonyl (C=O) groups excluding carboxylic acids is 1. The molecule has 2 aliphatic rings. The molecule has 0 radical (unpaired) electrons. The molecule has 0 aromatic heterocycles. The zero-order valence-corrected chi connectivity index (χ0v) is 15.6. The Labute approximate surface area is 160 Å². The Hall–Kier alpha value is -2.59. The van der Waals surface area contributed by atoms with Crippen molar-refractivity contribution in [2.24, 2.45) is 0 Å². The Kier molecular flexibility index (Phi) is 5.54. The van der Waals surface area contributed by atoms with E-state index in [0.717, 1.165) is 44.5 Å². The summed E-state index contributed by atoms with van der Waals surface area (Å²) < 4.78 is 5.53. The minimum absolute atomic E-state index is 0.00641. The summed E-state index contributed by atoms with van der Waals surface area (Å²) >= 11 is 0. The summed E-state index contributed by atoms with van der Waals surface area (Å²) in [6.07, 6.45) is 9.99. The molecular formula is C23H26N2O2. The molecule has 4 rings (SSSR count). The van der Waals surface area contributed by atoms with E-state index in [4.69, 9.17) is 4.74 Å². The van der Waals surface area contributed by atoms with Crippen molar-refractivity contribution in [3.8, 4) is 0 Å². The van der Waals surface area contributed by atoms with Crippen molar-refractivity contribution in [3.63, 3.8) is 0 Å². The van der Waals surface area contributed by atoms with Gasteiger partial charge in [-0.25, -0.2) is 4.79 Å². The number of fused-ring (bicyclic) bond motifs is 1. The van der Waals surface area contributed by atoms with Crippen LogP contribution in [0, 0.1) is 0 Å². The van der Waals surface area contributed by atoms with Crippen LogP contribution in [0.4, 0.5) is 4.79 Å². The number of benzene rings is 2. The zero-order chi connectivity index (χ0) is 18.5. The van der Waals surface area contributed by atoms with Gasteiger partial charge < -0.3 is 10.1 Å². The van der Waals surface area contributed by atoms with Crippen molar-refractivity contribution in [1.29, 1.82) is 0 Å². The van der Waals surface area contributed by atoms with E-state index in [1.54, 1.807) is 4.90 Å². The molecule has 2 aromatic carbocycles. The first-order chi connectivity index (χ1) is 13.3. The van der Waals surface area contributed by atoms with Crippen LogP contribution < -0.4 is 5.32 Å². The molecule has 1 amide bonds. The number of allylic oxidation sites excluding steroid dienone is 3. The molecule has 1 saturated heterocycles. The van der Waals surface area contributed by atoms with Crippen molar-refractivity contribution < 1.29 is 9.53 Å². The molecule has 1 heterocycles. The SMILES string of the molecule is O=C1O[C@@H](CCCNCc2cccc3ccccc23)CN1C1=CCCC=C1. The fourth-order valence-corrected chi connectivity index (χ4v) is 3.81. The number of hydrogen-bond acceptors (Lipinski definition) is 3. The molecule has 4 heteroatoms. The quantitative estimate of drug-likeness (QED) is 0.722. The van der Waals surface area contributed by atoms with Gasteiger partial charge in [-0.2, -0.15) is 0 Å². The minimum atomic E-state index is -0.207. The lowest BCUT2D eigenvalue weighted by Crippen LogP contribution is -2.24. The van der Waals surface area contributed by atoms with Gasteiger partial charge in [-0.1, -0.05) is 54.6 Å². The maximum absolute atomic E-state index is 12.1.